The summed E-state index contributed by atoms with van der Waals surface area (Å²) in [7, 11) is 0. The van der Waals surface area contributed by atoms with Crippen LogP contribution in [0, 0.1) is 6.92 Å². The van der Waals surface area contributed by atoms with Crippen LogP contribution >= 0.6 is 0 Å². The van der Waals surface area contributed by atoms with Gasteiger partial charge in [-0.3, -0.25) is 19.7 Å². The summed E-state index contributed by atoms with van der Waals surface area (Å²) in [5.41, 5.74) is 1.40. The Morgan fingerprint density at radius 3 is 2.56 bits per heavy atom. The van der Waals surface area contributed by atoms with Gasteiger partial charge in [-0.15, -0.1) is 0 Å². The smallest absolute Gasteiger partial charge is 0.337 e. The number of para-hydroxylation sites is 1. The Balaban J connectivity index is 1.96. The number of aromatic nitrogens is 2. The Bertz CT molecular complexity index is 1080. The van der Waals surface area contributed by atoms with Crippen molar-refractivity contribution in [3.8, 4) is 11.4 Å². The molecule has 27 heavy (non-hydrogen) atoms. The predicted molar refractivity (Wildman–Crippen MR) is 98.5 cm³/mol. The molecule has 0 amide bonds. The first-order valence-electron chi connectivity index (χ1n) is 7.90. The second kappa shape index (κ2) is 7.52. The molecule has 2 aromatic carbocycles. The number of nitrogens with one attached hydrogen (secondary N) is 1. The van der Waals surface area contributed by atoms with Crippen molar-refractivity contribution in [1.29, 1.82) is 0 Å². The number of rotatable bonds is 6. The SMILES string of the molecule is Cc1[nH]n(-c2ccc(OC=O)cc2)c(=O)c1C=Nc1ccccc1C(=O)O. The number of aryl methyl sites for hydroxylation is 1. The molecule has 0 spiro atoms. The van der Waals surface area contributed by atoms with Gasteiger partial charge in [-0.25, -0.2) is 9.48 Å². The van der Waals surface area contributed by atoms with Gasteiger partial charge in [-0.2, -0.15) is 0 Å². The number of nitrogens with zero attached hydrogens (tertiary/aromatic N) is 2. The number of carboxylic acids is 1. The minimum atomic E-state index is -1.09. The third-order valence-electron chi connectivity index (χ3n) is 3.86. The highest BCUT2D eigenvalue weighted by atomic mass is 16.5. The van der Waals surface area contributed by atoms with Crippen molar-refractivity contribution < 1.29 is 19.4 Å². The zero-order valence-electron chi connectivity index (χ0n) is 14.2. The van der Waals surface area contributed by atoms with Gasteiger partial charge in [-0.1, -0.05) is 12.1 Å². The van der Waals surface area contributed by atoms with Crippen LogP contribution in [0.25, 0.3) is 5.69 Å². The van der Waals surface area contributed by atoms with E-state index in [4.69, 9.17) is 4.74 Å². The lowest BCUT2D eigenvalue weighted by atomic mass is 10.2. The second-order valence-corrected chi connectivity index (χ2v) is 5.58. The Morgan fingerprint density at radius 1 is 1.19 bits per heavy atom. The molecule has 0 aliphatic carbocycles. The standard InChI is InChI=1S/C19H15N3O5/c1-12-16(10-20-17-5-3-2-4-15(17)19(25)26)18(24)22(21-12)13-6-8-14(9-7-13)27-11-23/h2-11,21H,1H3,(H,25,26). The molecule has 0 fully saturated rings. The highest BCUT2D eigenvalue weighted by molar-refractivity contribution is 5.95. The molecule has 0 unspecified atom stereocenters. The van der Waals surface area contributed by atoms with Crippen LogP contribution in [-0.4, -0.2) is 33.5 Å². The minimum absolute atomic E-state index is 0.0491. The van der Waals surface area contributed by atoms with E-state index >= 15 is 0 Å². The van der Waals surface area contributed by atoms with Gasteiger partial charge in [0.25, 0.3) is 12.0 Å². The number of benzene rings is 2. The van der Waals surface area contributed by atoms with Crippen molar-refractivity contribution in [1.82, 2.24) is 9.78 Å². The van der Waals surface area contributed by atoms with Crippen molar-refractivity contribution in [2.24, 2.45) is 4.99 Å². The lowest BCUT2D eigenvalue weighted by Gasteiger charge is -2.02. The van der Waals surface area contributed by atoms with Crippen molar-refractivity contribution in [3.05, 3.63) is 75.7 Å². The third-order valence-corrected chi connectivity index (χ3v) is 3.86. The molecule has 1 aromatic heterocycles. The van der Waals surface area contributed by atoms with Crippen LogP contribution in [0.15, 0.2) is 58.3 Å². The molecule has 8 heteroatoms. The molecule has 0 saturated heterocycles. The number of ether oxygens (including phenoxy) is 1. The number of carboxylic acid groups (broad SMARTS) is 1. The summed E-state index contributed by atoms with van der Waals surface area (Å²) >= 11 is 0. The van der Waals surface area contributed by atoms with Gasteiger partial charge >= 0.3 is 5.97 Å². The van der Waals surface area contributed by atoms with Gasteiger partial charge in [0.2, 0.25) is 0 Å². The van der Waals surface area contributed by atoms with Crippen molar-refractivity contribution in [3.63, 3.8) is 0 Å². The monoisotopic (exact) mass is 365 g/mol. The average molecular weight is 365 g/mol. The first-order valence-corrected chi connectivity index (χ1v) is 7.90. The molecule has 0 atom stereocenters. The molecule has 3 rings (SSSR count). The van der Waals surface area contributed by atoms with E-state index in [9.17, 15) is 19.5 Å². The Labute approximate surface area is 153 Å². The number of aliphatic imine (C=N–C) groups is 1. The maximum absolute atomic E-state index is 12.7. The van der Waals surface area contributed by atoms with Crippen LogP contribution < -0.4 is 10.3 Å². The molecule has 0 bridgehead atoms. The molecule has 0 saturated carbocycles. The van der Waals surface area contributed by atoms with Gasteiger partial charge in [0, 0.05) is 11.9 Å². The lowest BCUT2D eigenvalue weighted by Crippen LogP contribution is -2.17. The number of carbonyl (C=O) groups is 2. The number of aromatic amines is 1. The molecule has 8 nitrogen and oxygen atoms in total. The Hall–Kier alpha value is -3.94. The summed E-state index contributed by atoms with van der Waals surface area (Å²) in [5, 5.41) is 12.1. The second-order valence-electron chi connectivity index (χ2n) is 5.58. The minimum Gasteiger partial charge on any atom is -0.478 e. The van der Waals surface area contributed by atoms with E-state index in [1.165, 1.54) is 17.0 Å². The van der Waals surface area contributed by atoms with E-state index in [1.54, 1.807) is 49.4 Å². The summed E-state index contributed by atoms with van der Waals surface area (Å²) in [5.74, 6) is -0.735. The maximum Gasteiger partial charge on any atom is 0.337 e. The summed E-state index contributed by atoms with van der Waals surface area (Å²) in [6.07, 6.45) is 1.34. The molecule has 0 aliphatic rings. The van der Waals surface area contributed by atoms with Crippen molar-refractivity contribution in [2.45, 2.75) is 6.92 Å². The zero-order chi connectivity index (χ0) is 19.4. The average Bonchev–Trinajstić information content (AvgIpc) is 2.95. The summed E-state index contributed by atoms with van der Waals surface area (Å²) in [6, 6.07) is 12.6. The van der Waals surface area contributed by atoms with Crippen LogP contribution in [0.5, 0.6) is 5.75 Å². The Kier molecular flexibility index (Phi) is 4.98. The number of carbonyl (C=O) groups excluding carboxylic acids is 1. The summed E-state index contributed by atoms with van der Waals surface area (Å²) < 4.78 is 6.05. The molecule has 3 aromatic rings. The van der Waals surface area contributed by atoms with Gasteiger partial charge in [0.15, 0.2) is 0 Å². The van der Waals surface area contributed by atoms with E-state index in [0.29, 0.717) is 29.2 Å². The van der Waals surface area contributed by atoms with E-state index in [-0.39, 0.29) is 16.8 Å². The van der Waals surface area contributed by atoms with Crippen molar-refractivity contribution >= 4 is 24.3 Å². The van der Waals surface area contributed by atoms with E-state index in [0.717, 1.165) is 0 Å². The van der Waals surface area contributed by atoms with Crippen molar-refractivity contribution in [2.75, 3.05) is 0 Å². The Morgan fingerprint density at radius 2 is 1.89 bits per heavy atom. The molecule has 0 radical (unpaired) electrons. The van der Waals surface area contributed by atoms with Crippen LogP contribution in [0.3, 0.4) is 0 Å². The fraction of sp³-hybridized carbons (Fsp3) is 0.0526. The molecule has 136 valence electrons. The number of hydrogen-bond acceptors (Lipinski definition) is 5. The molecular weight excluding hydrogens is 350 g/mol. The van der Waals surface area contributed by atoms with Crippen LogP contribution in [0.2, 0.25) is 0 Å². The van der Waals surface area contributed by atoms with Crippen LogP contribution in [0.4, 0.5) is 5.69 Å². The third kappa shape index (κ3) is 3.69. The number of hydrogen-bond donors (Lipinski definition) is 2. The first kappa shape index (κ1) is 17.9. The van der Waals surface area contributed by atoms with E-state index in [2.05, 4.69) is 10.1 Å². The fourth-order valence-corrected chi connectivity index (χ4v) is 2.52. The zero-order valence-corrected chi connectivity index (χ0v) is 14.2. The summed E-state index contributed by atoms with van der Waals surface area (Å²) in [6.45, 7) is 2.04. The van der Waals surface area contributed by atoms with Gasteiger partial charge in [0.1, 0.15) is 5.75 Å². The predicted octanol–water partition coefficient (Wildman–Crippen LogP) is 2.46. The molecule has 2 N–H and O–H groups in total. The summed E-state index contributed by atoms with van der Waals surface area (Å²) in [4.78, 5) is 38.4. The largest absolute Gasteiger partial charge is 0.478 e. The molecular formula is C19H15N3O5. The quantitative estimate of drug-likeness (QED) is 0.514. The van der Waals surface area contributed by atoms with Gasteiger partial charge in [-0.05, 0) is 43.3 Å². The number of H-pyrrole nitrogens is 1. The normalized spacial score (nSPS) is 10.9. The molecule has 0 aliphatic heterocycles. The number of aromatic carboxylic acids is 1. The van der Waals surface area contributed by atoms with E-state index < -0.39 is 5.97 Å². The van der Waals surface area contributed by atoms with Gasteiger partial charge in [0.05, 0.1) is 22.5 Å². The highest BCUT2D eigenvalue weighted by Crippen LogP contribution is 2.19. The van der Waals surface area contributed by atoms with E-state index in [1.807, 2.05) is 0 Å². The molecule has 1 heterocycles. The lowest BCUT2D eigenvalue weighted by molar-refractivity contribution is -0.120. The van der Waals surface area contributed by atoms with Crippen LogP contribution in [0.1, 0.15) is 21.6 Å². The maximum atomic E-state index is 12.7. The highest BCUT2D eigenvalue weighted by Gasteiger charge is 2.12. The van der Waals surface area contributed by atoms with Crippen LogP contribution in [-0.2, 0) is 4.79 Å². The fourth-order valence-electron chi connectivity index (χ4n) is 2.52. The topological polar surface area (TPSA) is 114 Å². The first-order chi connectivity index (χ1) is 13.0. The van der Waals surface area contributed by atoms with Gasteiger partial charge < -0.3 is 9.84 Å².